The van der Waals surface area contributed by atoms with Gasteiger partial charge in [0, 0.05) is 5.56 Å². The summed E-state index contributed by atoms with van der Waals surface area (Å²) in [6.45, 7) is 6.85. The largest absolute Gasteiger partial charge is 0.353 e. The standard InChI is InChI=1S/C17H22N2O4/c1-13(2)16(20)22-18-19(23-17(21)14(3)4)12-8-11-15-9-6-5-7-10-15/h5-7,9-10,13-14,18H,12H2,1-4H3. The summed E-state index contributed by atoms with van der Waals surface area (Å²) >= 11 is 0. The normalized spacial score (nSPS) is 10.4. The maximum absolute atomic E-state index is 11.7. The van der Waals surface area contributed by atoms with Crippen LogP contribution >= 0.6 is 0 Å². The highest BCUT2D eigenvalue weighted by molar-refractivity contribution is 5.71. The SMILES string of the molecule is CC(C)C(=O)ONN(CC#Cc1ccccc1)OC(=O)C(C)C. The average molecular weight is 318 g/mol. The van der Waals surface area contributed by atoms with E-state index in [0.29, 0.717) is 0 Å². The van der Waals surface area contributed by atoms with Gasteiger partial charge in [0.2, 0.25) is 0 Å². The van der Waals surface area contributed by atoms with Crippen molar-refractivity contribution >= 4 is 11.9 Å². The van der Waals surface area contributed by atoms with Gasteiger partial charge in [-0.2, -0.15) is 0 Å². The molecule has 0 aliphatic heterocycles. The maximum Gasteiger partial charge on any atom is 0.329 e. The Labute approximate surface area is 136 Å². The molecule has 23 heavy (non-hydrogen) atoms. The monoisotopic (exact) mass is 318 g/mol. The molecule has 0 aliphatic rings. The molecule has 0 heterocycles. The van der Waals surface area contributed by atoms with E-state index in [2.05, 4.69) is 17.4 Å². The van der Waals surface area contributed by atoms with E-state index in [0.717, 1.165) is 10.7 Å². The van der Waals surface area contributed by atoms with Crippen LogP contribution in [0.15, 0.2) is 30.3 Å². The third kappa shape index (κ3) is 7.45. The van der Waals surface area contributed by atoms with Crippen molar-refractivity contribution in [2.75, 3.05) is 6.54 Å². The molecule has 1 N–H and O–H groups in total. The summed E-state index contributed by atoms with van der Waals surface area (Å²) in [5, 5.41) is 0.999. The molecule has 124 valence electrons. The van der Waals surface area contributed by atoms with Crippen molar-refractivity contribution in [3.63, 3.8) is 0 Å². The Balaban J connectivity index is 2.65. The molecule has 0 bridgehead atoms. The first kappa shape index (κ1) is 18.7. The number of hydroxylamine groups is 1. The fourth-order valence-corrected chi connectivity index (χ4v) is 1.25. The lowest BCUT2D eigenvalue weighted by Crippen LogP contribution is -2.42. The van der Waals surface area contributed by atoms with E-state index in [1.165, 1.54) is 0 Å². The minimum Gasteiger partial charge on any atom is -0.353 e. The Morgan fingerprint density at radius 1 is 1.09 bits per heavy atom. The lowest BCUT2D eigenvalue weighted by Gasteiger charge is -2.20. The van der Waals surface area contributed by atoms with Crippen LogP contribution in [0.25, 0.3) is 0 Å². The number of hydrazine groups is 1. The smallest absolute Gasteiger partial charge is 0.329 e. The van der Waals surface area contributed by atoms with Crippen molar-refractivity contribution in [3.8, 4) is 11.8 Å². The Bertz CT molecular complexity index is 573. The van der Waals surface area contributed by atoms with Gasteiger partial charge in [-0.3, -0.25) is 9.59 Å². The van der Waals surface area contributed by atoms with Crippen molar-refractivity contribution in [2.45, 2.75) is 27.7 Å². The van der Waals surface area contributed by atoms with E-state index in [9.17, 15) is 9.59 Å². The molecule has 0 fully saturated rings. The molecule has 0 unspecified atom stereocenters. The Kier molecular flexibility index (Phi) is 7.81. The van der Waals surface area contributed by atoms with Gasteiger partial charge in [0.1, 0.15) is 6.54 Å². The van der Waals surface area contributed by atoms with Crippen LogP contribution in [0.1, 0.15) is 33.3 Å². The molecule has 0 atom stereocenters. The first-order valence-electron chi connectivity index (χ1n) is 7.39. The Morgan fingerprint density at radius 3 is 2.26 bits per heavy atom. The summed E-state index contributed by atoms with van der Waals surface area (Å²) in [4.78, 5) is 33.1. The number of hydrogen-bond acceptors (Lipinski definition) is 6. The lowest BCUT2D eigenvalue weighted by atomic mass is 10.2. The number of carbonyl (C=O) groups excluding carboxylic acids is 2. The van der Waals surface area contributed by atoms with Gasteiger partial charge < -0.3 is 9.68 Å². The molecule has 6 heteroatoms. The van der Waals surface area contributed by atoms with E-state index in [4.69, 9.17) is 9.68 Å². The van der Waals surface area contributed by atoms with Crippen molar-refractivity contribution in [3.05, 3.63) is 35.9 Å². The second kappa shape index (κ2) is 9.62. The molecule has 0 saturated carbocycles. The van der Waals surface area contributed by atoms with E-state index in [1.807, 2.05) is 30.3 Å². The van der Waals surface area contributed by atoms with Gasteiger partial charge in [-0.25, -0.2) is 0 Å². The Hall–Kier alpha value is -2.36. The molecule has 0 radical (unpaired) electrons. The van der Waals surface area contributed by atoms with Crippen molar-refractivity contribution in [1.82, 2.24) is 10.8 Å². The van der Waals surface area contributed by atoms with E-state index < -0.39 is 11.9 Å². The molecule has 0 aromatic heterocycles. The van der Waals surface area contributed by atoms with Crippen LogP contribution in [0.5, 0.6) is 0 Å². The number of rotatable bonds is 6. The molecule has 6 nitrogen and oxygen atoms in total. The van der Waals surface area contributed by atoms with Gasteiger partial charge in [0.25, 0.3) is 0 Å². The summed E-state index contributed by atoms with van der Waals surface area (Å²) in [5.74, 6) is 4.22. The zero-order chi connectivity index (χ0) is 17.2. The van der Waals surface area contributed by atoms with Crippen molar-refractivity contribution in [2.24, 2.45) is 11.8 Å². The van der Waals surface area contributed by atoms with Crippen molar-refractivity contribution in [1.29, 1.82) is 0 Å². The second-order valence-corrected chi connectivity index (χ2v) is 5.44. The van der Waals surface area contributed by atoms with Gasteiger partial charge in [-0.15, -0.1) is 0 Å². The van der Waals surface area contributed by atoms with E-state index >= 15 is 0 Å². The molecular formula is C17H22N2O4. The fourth-order valence-electron chi connectivity index (χ4n) is 1.25. The van der Waals surface area contributed by atoms with Crippen LogP contribution in [0.4, 0.5) is 0 Å². The van der Waals surface area contributed by atoms with Gasteiger partial charge in [0.15, 0.2) is 0 Å². The van der Waals surface area contributed by atoms with Crippen LogP contribution in [0.3, 0.4) is 0 Å². The fraction of sp³-hybridized carbons (Fsp3) is 0.412. The van der Waals surface area contributed by atoms with Gasteiger partial charge in [-0.05, 0) is 22.9 Å². The van der Waals surface area contributed by atoms with Crippen molar-refractivity contribution < 1.29 is 19.3 Å². The first-order valence-corrected chi connectivity index (χ1v) is 7.39. The third-order valence-corrected chi connectivity index (χ3v) is 2.62. The summed E-state index contributed by atoms with van der Waals surface area (Å²) in [7, 11) is 0. The predicted molar refractivity (Wildman–Crippen MR) is 85.0 cm³/mol. The topological polar surface area (TPSA) is 67.9 Å². The number of nitrogens with one attached hydrogen (secondary N) is 1. The minimum atomic E-state index is -0.466. The molecule has 0 saturated heterocycles. The molecule has 1 rings (SSSR count). The molecule has 0 amide bonds. The molecule has 1 aromatic rings. The van der Waals surface area contributed by atoms with Crippen LogP contribution in [-0.4, -0.2) is 23.7 Å². The highest BCUT2D eigenvalue weighted by Crippen LogP contribution is 2.00. The Morgan fingerprint density at radius 2 is 1.70 bits per heavy atom. The number of carbonyl (C=O) groups is 2. The zero-order valence-corrected chi connectivity index (χ0v) is 13.8. The van der Waals surface area contributed by atoms with Crippen LogP contribution in [0, 0.1) is 23.7 Å². The minimum absolute atomic E-state index is 0.0404. The zero-order valence-electron chi connectivity index (χ0n) is 13.8. The maximum atomic E-state index is 11.7. The van der Waals surface area contributed by atoms with Gasteiger partial charge >= 0.3 is 11.9 Å². The third-order valence-electron chi connectivity index (χ3n) is 2.62. The number of hydrogen-bond donors (Lipinski definition) is 1. The van der Waals surface area contributed by atoms with E-state index in [-0.39, 0.29) is 18.4 Å². The number of benzene rings is 1. The molecule has 0 aliphatic carbocycles. The summed E-state index contributed by atoms with van der Waals surface area (Å²) in [6, 6.07) is 9.38. The first-order chi connectivity index (χ1) is 10.9. The summed E-state index contributed by atoms with van der Waals surface area (Å²) in [5.41, 5.74) is 3.15. The quantitative estimate of drug-likeness (QED) is 0.640. The lowest BCUT2D eigenvalue weighted by molar-refractivity contribution is -0.254. The number of nitrogens with zero attached hydrogens (tertiary/aromatic N) is 1. The van der Waals surface area contributed by atoms with E-state index in [1.54, 1.807) is 27.7 Å². The molecule has 0 spiro atoms. The summed E-state index contributed by atoms with van der Waals surface area (Å²) in [6.07, 6.45) is 0. The predicted octanol–water partition coefficient (Wildman–Crippen LogP) is 2.07. The highest BCUT2D eigenvalue weighted by Gasteiger charge is 2.17. The van der Waals surface area contributed by atoms with Gasteiger partial charge in [-0.1, -0.05) is 57.7 Å². The van der Waals surface area contributed by atoms with Gasteiger partial charge in [0.05, 0.1) is 11.8 Å². The summed E-state index contributed by atoms with van der Waals surface area (Å²) < 4.78 is 0. The van der Waals surface area contributed by atoms with Crippen LogP contribution in [-0.2, 0) is 19.3 Å². The average Bonchev–Trinajstić information content (AvgIpc) is 2.52. The highest BCUT2D eigenvalue weighted by atomic mass is 16.8. The molecular weight excluding hydrogens is 296 g/mol. The van der Waals surface area contributed by atoms with Crippen LogP contribution < -0.4 is 5.59 Å². The second-order valence-electron chi connectivity index (χ2n) is 5.44. The van der Waals surface area contributed by atoms with Crippen LogP contribution in [0.2, 0.25) is 0 Å². The molecule has 1 aromatic carbocycles.